The summed E-state index contributed by atoms with van der Waals surface area (Å²) in [5.74, 6) is 1.70. The smallest absolute Gasteiger partial charge is 0.416 e. The first-order valence-electron chi connectivity index (χ1n) is 13.5. The number of halogens is 3. The van der Waals surface area contributed by atoms with Crippen LogP contribution in [0.3, 0.4) is 0 Å². The van der Waals surface area contributed by atoms with Crippen LogP contribution in [0, 0.1) is 11.8 Å². The van der Waals surface area contributed by atoms with Crippen molar-refractivity contribution >= 4 is 11.6 Å². The van der Waals surface area contributed by atoms with Crippen molar-refractivity contribution in [1.29, 1.82) is 0 Å². The summed E-state index contributed by atoms with van der Waals surface area (Å²) in [6.07, 6.45) is -2.06. The maximum atomic E-state index is 13.6. The molecule has 0 atom stereocenters. The van der Waals surface area contributed by atoms with Crippen molar-refractivity contribution in [2.45, 2.75) is 46.0 Å². The molecule has 2 aliphatic rings. The standard InChI is InChI=1S/C29H39F3N4O2/c1-21(2)18-35-14-15-38-28-24(19-35)7-5-9-26(28)34-17-27(37)36(13-12-33-16-22-10-11-22)20-23-6-3-4-8-25(23)29(30,31)32/h3-9,21-22,33-34H,10-20H2,1-2H3. The molecule has 2 N–H and O–H groups in total. The van der Waals surface area contributed by atoms with Gasteiger partial charge in [0.05, 0.1) is 17.8 Å². The molecule has 9 heteroatoms. The lowest BCUT2D eigenvalue weighted by molar-refractivity contribution is -0.139. The Balaban J connectivity index is 1.44. The number of anilines is 1. The van der Waals surface area contributed by atoms with Crippen LogP contribution in [0.25, 0.3) is 0 Å². The zero-order chi connectivity index (χ0) is 27.1. The molecule has 1 heterocycles. The number of benzene rings is 2. The van der Waals surface area contributed by atoms with E-state index < -0.39 is 11.7 Å². The number of alkyl halides is 3. The monoisotopic (exact) mass is 532 g/mol. The minimum atomic E-state index is -4.48. The molecule has 1 aliphatic heterocycles. The van der Waals surface area contributed by atoms with Gasteiger partial charge in [0, 0.05) is 44.8 Å². The van der Waals surface area contributed by atoms with Crippen molar-refractivity contribution in [1.82, 2.24) is 15.1 Å². The van der Waals surface area contributed by atoms with Crippen molar-refractivity contribution in [3.8, 4) is 5.75 Å². The van der Waals surface area contributed by atoms with Gasteiger partial charge in [0.1, 0.15) is 12.4 Å². The van der Waals surface area contributed by atoms with Gasteiger partial charge in [-0.15, -0.1) is 0 Å². The van der Waals surface area contributed by atoms with Crippen LogP contribution in [-0.4, -0.2) is 61.6 Å². The fourth-order valence-electron chi connectivity index (χ4n) is 4.85. The van der Waals surface area contributed by atoms with E-state index in [9.17, 15) is 18.0 Å². The first-order valence-corrected chi connectivity index (χ1v) is 13.5. The molecule has 0 spiro atoms. The summed E-state index contributed by atoms with van der Waals surface area (Å²) in [7, 11) is 0. The molecular formula is C29H39F3N4O2. The molecule has 4 rings (SSSR count). The lowest BCUT2D eigenvalue weighted by Gasteiger charge is -2.25. The highest BCUT2D eigenvalue weighted by Crippen LogP contribution is 2.33. The van der Waals surface area contributed by atoms with E-state index in [1.54, 1.807) is 6.07 Å². The second-order valence-electron chi connectivity index (χ2n) is 10.7. The third-order valence-corrected chi connectivity index (χ3v) is 6.92. The molecule has 6 nitrogen and oxygen atoms in total. The quantitative estimate of drug-likeness (QED) is 0.377. The second-order valence-corrected chi connectivity index (χ2v) is 10.7. The summed E-state index contributed by atoms with van der Waals surface area (Å²) in [4.78, 5) is 17.2. The Morgan fingerprint density at radius 2 is 1.95 bits per heavy atom. The van der Waals surface area contributed by atoms with Crippen molar-refractivity contribution in [3.63, 3.8) is 0 Å². The van der Waals surface area contributed by atoms with Crippen LogP contribution in [0.15, 0.2) is 42.5 Å². The zero-order valence-electron chi connectivity index (χ0n) is 22.3. The Kier molecular flexibility index (Phi) is 9.54. The molecule has 2 aromatic rings. The minimum Gasteiger partial charge on any atom is -0.490 e. The van der Waals surface area contributed by atoms with Gasteiger partial charge in [0.25, 0.3) is 0 Å². The van der Waals surface area contributed by atoms with E-state index in [-0.39, 0.29) is 24.6 Å². The highest BCUT2D eigenvalue weighted by atomic mass is 19.4. The van der Waals surface area contributed by atoms with Gasteiger partial charge in [-0.3, -0.25) is 9.69 Å². The summed E-state index contributed by atoms with van der Waals surface area (Å²) in [6, 6.07) is 11.3. The number of nitrogens with zero attached hydrogens (tertiary/aromatic N) is 2. The van der Waals surface area contributed by atoms with Crippen LogP contribution in [0.1, 0.15) is 43.4 Å². The number of hydrogen-bond donors (Lipinski definition) is 2. The fourth-order valence-corrected chi connectivity index (χ4v) is 4.85. The first-order chi connectivity index (χ1) is 18.2. The molecule has 0 saturated heterocycles. The molecule has 0 unspecified atom stereocenters. The maximum Gasteiger partial charge on any atom is 0.416 e. The van der Waals surface area contributed by atoms with Gasteiger partial charge in [-0.25, -0.2) is 0 Å². The van der Waals surface area contributed by atoms with Gasteiger partial charge in [0.2, 0.25) is 5.91 Å². The largest absolute Gasteiger partial charge is 0.490 e. The Labute approximate surface area is 223 Å². The zero-order valence-corrected chi connectivity index (χ0v) is 22.3. The van der Waals surface area contributed by atoms with Crippen LogP contribution < -0.4 is 15.4 Å². The predicted octanol–water partition coefficient (Wildman–Crippen LogP) is 5.00. The van der Waals surface area contributed by atoms with Crippen LogP contribution in [-0.2, 0) is 24.1 Å². The summed E-state index contributed by atoms with van der Waals surface area (Å²) in [6.45, 7) is 9.10. The molecule has 1 saturated carbocycles. The number of amides is 1. The summed E-state index contributed by atoms with van der Waals surface area (Å²) < 4.78 is 46.9. The number of rotatable bonds is 12. The fraction of sp³-hybridized carbons (Fsp3) is 0.552. The number of carbonyl (C=O) groups is 1. The number of ether oxygens (including phenoxy) is 1. The van der Waals surface area contributed by atoms with E-state index >= 15 is 0 Å². The van der Waals surface area contributed by atoms with Crippen molar-refractivity contribution in [2.75, 3.05) is 51.2 Å². The summed E-state index contributed by atoms with van der Waals surface area (Å²) in [5.41, 5.74) is 1.17. The summed E-state index contributed by atoms with van der Waals surface area (Å²) in [5, 5.41) is 6.55. The molecule has 1 aliphatic carbocycles. The van der Waals surface area contributed by atoms with E-state index in [1.807, 2.05) is 18.2 Å². The average molecular weight is 533 g/mol. The van der Waals surface area contributed by atoms with Gasteiger partial charge in [-0.1, -0.05) is 44.2 Å². The Morgan fingerprint density at radius 3 is 2.68 bits per heavy atom. The average Bonchev–Trinajstić information content (AvgIpc) is 3.70. The Hall–Kier alpha value is -2.78. The van der Waals surface area contributed by atoms with Crippen LogP contribution in [0.2, 0.25) is 0 Å². The van der Waals surface area contributed by atoms with Gasteiger partial charge >= 0.3 is 6.18 Å². The third kappa shape index (κ3) is 8.11. The van der Waals surface area contributed by atoms with Crippen molar-refractivity contribution < 1.29 is 22.7 Å². The Morgan fingerprint density at radius 1 is 1.16 bits per heavy atom. The number of para-hydroxylation sites is 1. The highest BCUT2D eigenvalue weighted by molar-refractivity contribution is 5.81. The lowest BCUT2D eigenvalue weighted by atomic mass is 10.1. The molecule has 2 aromatic carbocycles. The molecule has 1 fully saturated rings. The molecule has 0 bridgehead atoms. The second kappa shape index (κ2) is 12.8. The number of nitrogens with one attached hydrogen (secondary N) is 2. The maximum absolute atomic E-state index is 13.6. The third-order valence-electron chi connectivity index (χ3n) is 6.92. The SMILES string of the molecule is CC(C)CN1CCOc2c(cccc2NCC(=O)N(CCNCC2CC2)Cc2ccccc2C(F)(F)F)C1. The summed E-state index contributed by atoms with van der Waals surface area (Å²) >= 11 is 0. The van der Waals surface area contributed by atoms with Gasteiger partial charge in [-0.05, 0) is 48.9 Å². The minimum absolute atomic E-state index is 0.0354. The molecular weight excluding hydrogens is 493 g/mol. The van der Waals surface area contributed by atoms with E-state index in [4.69, 9.17) is 4.74 Å². The van der Waals surface area contributed by atoms with Crippen LogP contribution in [0.4, 0.5) is 18.9 Å². The van der Waals surface area contributed by atoms with Crippen LogP contribution in [0.5, 0.6) is 5.75 Å². The van der Waals surface area contributed by atoms with Gasteiger partial charge < -0.3 is 20.3 Å². The van der Waals surface area contributed by atoms with Gasteiger partial charge in [-0.2, -0.15) is 13.2 Å². The number of fused-ring (bicyclic) bond motifs is 1. The van der Waals surface area contributed by atoms with Crippen molar-refractivity contribution in [2.24, 2.45) is 11.8 Å². The lowest BCUT2D eigenvalue weighted by Crippen LogP contribution is -2.40. The molecule has 0 aromatic heterocycles. The van der Waals surface area contributed by atoms with Crippen molar-refractivity contribution in [3.05, 3.63) is 59.2 Å². The highest BCUT2D eigenvalue weighted by Gasteiger charge is 2.33. The first kappa shape index (κ1) is 28.2. The van der Waals surface area contributed by atoms with Crippen LogP contribution >= 0.6 is 0 Å². The molecule has 38 heavy (non-hydrogen) atoms. The number of hydrogen-bond acceptors (Lipinski definition) is 5. The number of carbonyl (C=O) groups excluding carboxylic acids is 1. The van der Waals surface area contributed by atoms with E-state index in [2.05, 4.69) is 29.4 Å². The van der Waals surface area contributed by atoms with Gasteiger partial charge in [0.15, 0.2) is 0 Å². The van der Waals surface area contributed by atoms with E-state index in [0.717, 1.165) is 49.2 Å². The molecule has 208 valence electrons. The Bertz CT molecular complexity index is 1070. The molecule has 0 radical (unpaired) electrons. The normalized spacial score (nSPS) is 16.1. The van der Waals surface area contributed by atoms with E-state index in [0.29, 0.717) is 31.5 Å². The van der Waals surface area contributed by atoms with E-state index in [1.165, 1.54) is 29.9 Å². The topological polar surface area (TPSA) is 56.8 Å². The predicted molar refractivity (Wildman–Crippen MR) is 143 cm³/mol. The molecule has 1 amide bonds.